The topological polar surface area (TPSA) is 85.2 Å². The number of aromatic amines is 1. The number of benzene rings is 2. The molecule has 6 heteroatoms. The average Bonchev–Trinajstić information content (AvgIpc) is 3.18. The molecule has 0 aliphatic carbocycles. The third kappa shape index (κ3) is 2.77. The number of rotatable bonds is 3. The van der Waals surface area contributed by atoms with E-state index in [0.29, 0.717) is 33.8 Å². The first-order valence-electron chi connectivity index (χ1n) is 7.94. The predicted octanol–water partition coefficient (Wildman–Crippen LogP) is 3.64. The molecule has 0 fully saturated rings. The van der Waals surface area contributed by atoms with Gasteiger partial charge in [0.2, 0.25) is 0 Å². The van der Waals surface area contributed by atoms with Crippen molar-refractivity contribution in [3.63, 3.8) is 0 Å². The molecule has 0 saturated carbocycles. The molecule has 0 amide bonds. The zero-order valence-electron chi connectivity index (χ0n) is 13.9. The number of carbonyl (C=O) groups excluding carboxylic acids is 1. The fraction of sp³-hybridized carbons (Fsp3) is 0.0500. The van der Waals surface area contributed by atoms with E-state index in [1.54, 1.807) is 54.6 Å². The lowest BCUT2D eigenvalue weighted by Crippen LogP contribution is -2.08. The number of H-pyrrole nitrogens is 1. The van der Waals surface area contributed by atoms with Gasteiger partial charge in [-0.2, -0.15) is 0 Å². The number of carbonyl (C=O) groups is 1. The summed E-state index contributed by atoms with van der Waals surface area (Å²) in [5.74, 6) is 1.04. The summed E-state index contributed by atoms with van der Waals surface area (Å²) < 4.78 is 10.5. The molecule has 0 aliphatic heterocycles. The first kappa shape index (κ1) is 15.8. The zero-order valence-corrected chi connectivity index (χ0v) is 13.9. The highest BCUT2D eigenvalue weighted by Crippen LogP contribution is 2.27. The summed E-state index contributed by atoms with van der Waals surface area (Å²) in [5.41, 5.74) is 1.65. The lowest BCUT2D eigenvalue weighted by atomic mass is 10.1. The van der Waals surface area contributed by atoms with Gasteiger partial charge in [0.15, 0.2) is 11.6 Å². The number of methoxy groups -OCH3 is 1. The summed E-state index contributed by atoms with van der Waals surface area (Å²) in [4.78, 5) is 30.9. The van der Waals surface area contributed by atoms with Gasteiger partial charge in [-0.15, -0.1) is 0 Å². The van der Waals surface area contributed by atoms with Crippen LogP contribution in [0.1, 0.15) is 10.4 Å². The maximum Gasteiger partial charge on any atom is 0.337 e. The van der Waals surface area contributed by atoms with Crippen LogP contribution in [0.5, 0.6) is 0 Å². The van der Waals surface area contributed by atoms with Crippen LogP contribution in [0.25, 0.3) is 33.8 Å². The van der Waals surface area contributed by atoms with Crippen molar-refractivity contribution in [3.8, 4) is 22.9 Å². The molecule has 0 bridgehead atoms. The van der Waals surface area contributed by atoms with Gasteiger partial charge >= 0.3 is 5.97 Å². The van der Waals surface area contributed by atoms with E-state index in [2.05, 4.69) is 14.7 Å². The molecule has 4 aromatic rings. The minimum absolute atomic E-state index is 0.217. The largest absolute Gasteiger partial charge is 0.465 e. The summed E-state index contributed by atoms with van der Waals surface area (Å²) in [6.07, 6.45) is 0. The van der Waals surface area contributed by atoms with Crippen LogP contribution in [-0.2, 0) is 4.74 Å². The molecule has 1 N–H and O–H groups in total. The van der Waals surface area contributed by atoms with Crippen LogP contribution in [0.3, 0.4) is 0 Å². The Morgan fingerprint density at radius 3 is 2.50 bits per heavy atom. The maximum absolute atomic E-state index is 12.2. The zero-order chi connectivity index (χ0) is 18.1. The van der Waals surface area contributed by atoms with Gasteiger partial charge in [0.25, 0.3) is 5.56 Å². The van der Waals surface area contributed by atoms with E-state index in [4.69, 9.17) is 4.42 Å². The van der Waals surface area contributed by atoms with Gasteiger partial charge in [-0.1, -0.05) is 24.3 Å². The first-order valence-corrected chi connectivity index (χ1v) is 7.94. The molecular weight excluding hydrogens is 332 g/mol. The predicted molar refractivity (Wildman–Crippen MR) is 96.8 cm³/mol. The highest BCUT2D eigenvalue weighted by molar-refractivity contribution is 5.89. The third-order valence-electron chi connectivity index (χ3n) is 4.04. The minimum atomic E-state index is -0.394. The third-order valence-corrected chi connectivity index (χ3v) is 4.04. The Labute approximate surface area is 148 Å². The standard InChI is InChI=1S/C20H14N2O4/c1-25-20(24)13-8-6-12(7-9-13)16-10-11-17(26-16)18-21-15-5-3-2-4-14(15)19(23)22-18/h2-11H,1H3,(H,21,22,23). The molecule has 128 valence electrons. The Morgan fingerprint density at radius 1 is 1.00 bits per heavy atom. The number of fused-ring (bicyclic) bond motifs is 1. The van der Waals surface area contributed by atoms with E-state index in [-0.39, 0.29) is 5.56 Å². The molecular formula is C20H14N2O4. The van der Waals surface area contributed by atoms with Gasteiger partial charge in [0, 0.05) is 5.56 Å². The van der Waals surface area contributed by atoms with Crippen molar-refractivity contribution in [1.82, 2.24) is 9.97 Å². The lowest BCUT2D eigenvalue weighted by molar-refractivity contribution is 0.0600. The quantitative estimate of drug-likeness (QED) is 0.573. The van der Waals surface area contributed by atoms with Crippen molar-refractivity contribution in [2.24, 2.45) is 0 Å². The van der Waals surface area contributed by atoms with E-state index in [0.717, 1.165) is 5.56 Å². The molecule has 4 rings (SSSR count). The molecule has 0 spiro atoms. The number of nitrogens with one attached hydrogen (secondary N) is 1. The number of esters is 1. The van der Waals surface area contributed by atoms with Crippen molar-refractivity contribution >= 4 is 16.9 Å². The van der Waals surface area contributed by atoms with Crippen molar-refractivity contribution in [2.75, 3.05) is 7.11 Å². The Kier molecular flexibility index (Phi) is 3.85. The SMILES string of the molecule is COC(=O)c1ccc(-c2ccc(-c3nc4ccccc4c(=O)[nH]3)o2)cc1. The number of nitrogens with zero attached hydrogens (tertiary/aromatic N) is 1. The van der Waals surface area contributed by atoms with Gasteiger partial charge in [-0.25, -0.2) is 9.78 Å². The van der Waals surface area contributed by atoms with E-state index in [1.807, 2.05) is 6.07 Å². The van der Waals surface area contributed by atoms with Crippen LogP contribution in [0.4, 0.5) is 0 Å². The molecule has 26 heavy (non-hydrogen) atoms. The molecule has 0 aliphatic rings. The van der Waals surface area contributed by atoms with E-state index >= 15 is 0 Å². The fourth-order valence-corrected chi connectivity index (χ4v) is 2.71. The van der Waals surface area contributed by atoms with Crippen LogP contribution in [0, 0.1) is 0 Å². The summed E-state index contributed by atoms with van der Waals surface area (Å²) in [5, 5.41) is 0.529. The molecule has 0 unspecified atom stereocenters. The monoisotopic (exact) mass is 346 g/mol. The number of para-hydroxylation sites is 1. The van der Waals surface area contributed by atoms with Crippen molar-refractivity contribution in [3.05, 3.63) is 76.6 Å². The number of hydrogen-bond donors (Lipinski definition) is 1. The number of aromatic nitrogens is 2. The normalized spacial score (nSPS) is 10.8. The van der Waals surface area contributed by atoms with Gasteiger partial charge in [0.05, 0.1) is 23.6 Å². The van der Waals surface area contributed by atoms with Crippen LogP contribution in [0.15, 0.2) is 69.9 Å². The van der Waals surface area contributed by atoms with E-state index in [1.165, 1.54) is 7.11 Å². The molecule has 0 radical (unpaired) electrons. The fourth-order valence-electron chi connectivity index (χ4n) is 2.71. The summed E-state index contributed by atoms with van der Waals surface area (Å²) >= 11 is 0. The molecule has 2 aromatic carbocycles. The number of hydrogen-bond acceptors (Lipinski definition) is 5. The van der Waals surface area contributed by atoms with Gasteiger partial charge < -0.3 is 14.1 Å². The van der Waals surface area contributed by atoms with Crippen LogP contribution in [-0.4, -0.2) is 23.0 Å². The Bertz CT molecular complexity index is 1160. The van der Waals surface area contributed by atoms with Crippen molar-refractivity contribution < 1.29 is 13.9 Å². The Morgan fingerprint density at radius 2 is 1.73 bits per heavy atom. The van der Waals surface area contributed by atoms with Gasteiger partial charge in [0.1, 0.15) is 5.76 Å². The Balaban J connectivity index is 1.70. The minimum Gasteiger partial charge on any atom is -0.465 e. The highest BCUT2D eigenvalue weighted by atomic mass is 16.5. The first-order chi connectivity index (χ1) is 12.7. The second kappa shape index (κ2) is 6.33. The van der Waals surface area contributed by atoms with Gasteiger partial charge in [-0.05, 0) is 36.4 Å². The van der Waals surface area contributed by atoms with Gasteiger partial charge in [-0.3, -0.25) is 4.79 Å². The highest BCUT2D eigenvalue weighted by Gasteiger charge is 2.12. The Hall–Kier alpha value is -3.67. The average molecular weight is 346 g/mol. The second-order valence-electron chi connectivity index (χ2n) is 5.66. The van der Waals surface area contributed by atoms with E-state index < -0.39 is 5.97 Å². The van der Waals surface area contributed by atoms with Crippen LogP contribution in [0.2, 0.25) is 0 Å². The van der Waals surface area contributed by atoms with Crippen molar-refractivity contribution in [2.45, 2.75) is 0 Å². The molecule has 0 saturated heterocycles. The molecule has 0 atom stereocenters. The summed E-state index contributed by atoms with van der Waals surface area (Å²) in [7, 11) is 1.34. The summed E-state index contributed by atoms with van der Waals surface area (Å²) in [6.45, 7) is 0. The molecule has 2 heterocycles. The number of ether oxygens (including phenoxy) is 1. The van der Waals surface area contributed by atoms with Crippen LogP contribution < -0.4 is 5.56 Å². The molecule has 2 aromatic heterocycles. The smallest absolute Gasteiger partial charge is 0.337 e. The maximum atomic E-state index is 12.2. The molecule has 6 nitrogen and oxygen atoms in total. The van der Waals surface area contributed by atoms with Crippen LogP contribution >= 0.6 is 0 Å². The lowest BCUT2D eigenvalue weighted by Gasteiger charge is -2.02. The number of furan rings is 1. The second-order valence-corrected chi connectivity index (χ2v) is 5.66. The summed E-state index contributed by atoms with van der Waals surface area (Å²) in [6, 6.07) is 17.5. The van der Waals surface area contributed by atoms with Crippen molar-refractivity contribution in [1.29, 1.82) is 0 Å². The van der Waals surface area contributed by atoms with E-state index in [9.17, 15) is 9.59 Å².